The van der Waals surface area contributed by atoms with Gasteiger partial charge in [0.25, 0.3) is 5.91 Å². The molecule has 6 heterocycles. The molecule has 0 bridgehead atoms. The van der Waals surface area contributed by atoms with Gasteiger partial charge < -0.3 is 19.4 Å². The van der Waals surface area contributed by atoms with Crippen molar-refractivity contribution in [1.82, 2.24) is 25.1 Å². The fourth-order valence-electron chi connectivity index (χ4n) is 7.90. The molecule has 0 saturated carbocycles. The Hall–Kier alpha value is -5.23. The normalized spacial score (nSPS) is 17.8. The van der Waals surface area contributed by atoms with E-state index in [0.29, 0.717) is 54.5 Å². The molecule has 1 saturated heterocycles. The minimum Gasteiger partial charge on any atom is -0.493 e. The van der Waals surface area contributed by atoms with Crippen LogP contribution in [-0.2, 0) is 19.3 Å². The molecule has 0 unspecified atom stereocenters. The van der Waals surface area contributed by atoms with Gasteiger partial charge in [0.05, 0.1) is 57.6 Å². The van der Waals surface area contributed by atoms with Crippen molar-refractivity contribution < 1.29 is 22.7 Å². The monoisotopic (exact) mass is 690 g/mol. The fraction of sp³-hybridized carbons (Fsp3) is 0.289. The van der Waals surface area contributed by atoms with Crippen LogP contribution in [-0.4, -0.2) is 44.6 Å². The minimum absolute atomic E-state index is 0.0374. The number of benzene rings is 2. The smallest absolute Gasteiger partial charge is 0.257 e. The Morgan fingerprint density at radius 3 is 2.70 bits per heavy atom. The molecule has 3 aliphatic rings. The number of rotatable bonds is 8. The van der Waals surface area contributed by atoms with Gasteiger partial charge in [-0.2, -0.15) is 0 Å². The summed E-state index contributed by atoms with van der Waals surface area (Å²) >= 11 is 1.55. The van der Waals surface area contributed by atoms with E-state index in [-0.39, 0.29) is 29.6 Å². The summed E-state index contributed by atoms with van der Waals surface area (Å²) in [6.45, 7) is 2.42. The standard InChI is InChI=1S/C38H32F2N6O3S/c1-19-44-45-37(49-19)31-26(13-7-20-5-8-21(39)9-6-20)43-34-29-4-3-17-46(29)38(47)33(34)32(31)30-18-28-36(50-30)27(15-16-41-28)42-25-14-11-23-22(25)10-12-24(40)35(23)48-2/h5-6,8-10,12,15-16,18,25,29H,3-4,7,11,13-14,17H2,1-2H3,(H,41,42)/t25-,29-/m0/s1. The molecule has 1 N–H and O–H groups in total. The summed E-state index contributed by atoms with van der Waals surface area (Å²) < 4.78 is 40.6. The Balaban J connectivity index is 1.20. The highest BCUT2D eigenvalue weighted by Crippen LogP contribution is 2.51. The molecule has 1 fully saturated rings. The quantitative estimate of drug-likeness (QED) is 0.171. The van der Waals surface area contributed by atoms with E-state index in [4.69, 9.17) is 19.1 Å². The maximum atomic E-state index is 14.5. The average molecular weight is 691 g/mol. The van der Waals surface area contributed by atoms with Gasteiger partial charge in [-0.25, -0.2) is 8.78 Å². The molecule has 2 aromatic carbocycles. The highest BCUT2D eigenvalue weighted by molar-refractivity contribution is 7.22. The summed E-state index contributed by atoms with van der Waals surface area (Å²) in [5, 5.41) is 12.3. The molecule has 12 heteroatoms. The molecule has 2 aliphatic heterocycles. The van der Waals surface area contributed by atoms with Gasteiger partial charge in [0, 0.05) is 35.7 Å². The Labute approximate surface area is 290 Å². The van der Waals surface area contributed by atoms with E-state index in [1.165, 1.54) is 25.3 Å². The summed E-state index contributed by atoms with van der Waals surface area (Å²) in [6, 6.07) is 13.6. The zero-order valence-electron chi connectivity index (χ0n) is 27.4. The molecule has 9 rings (SSSR count). The van der Waals surface area contributed by atoms with Gasteiger partial charge in [-0.05, 0) is 80.0 Å². The SMILES string of the molecule is COc1c(F)ccc2c1CC[C@@H]2Nc1ccnc2cc(-c3c4c(nc(CCc5ccc(F)cc5)c3-c3nnc(C)o3)[C@@H]3CCCN3C4=O)sc12. The lowest BCUT2D eigenvalue weighted by atomic mass is 9.93. The minimum atomic E-state index is -0.356. The van der Waals surface area contributed by atoms with Gasteiger partial charge in [0.2, 0.25) is 11.8 Å². The predicted octanol–water partition coefficient (Wildman–Crippen LogP) is 8.18. The molecule has 252 valence electrons. The summed E-state index contributed by atoms with van der Waals surface area (Å²) in [5.74, 6) is 0.327. The Kier molecular flexibility index (Phi) is 7.38. The number of thiophene rings is 1. The lowest BCUT2D eigenvalue weighted by molar-refractivity contribution is 0.0776. The van der Waals surface area contributed by atoms with E-state index >= 15 is 0 Å². The Bertz CT molecular complexity index is 2320. The van der Waals surface area contributed by atoms with Crippen molar-refractivity contribution in [1.29, 1.82) is 0 Å². The molecule has 6 aromatic rings. The second kappa shape index (κ2) is 12.0. The number of halogens is 2. The third-order valence-electron chi connectivity index (χ3n) is 10.1. The van der Waals surface area contributed by atoms with E-state index in [9.17, 15) is 13.6 Å². The van der Waals surface area contributed by atoms with Crippen LogP contribution in [0.3, 0.4) is 0 Å². The summed E-state index contributed by atoms with van der Waals surface area (Å²) in [4.78, 5) is 26.9. The topological polar surface area (TPSA) is 106 Å². The largest absolute Gasteiger partial charge is 0.493 e. The first kappa shape index (κ1) is 30.8. The number of aryl methyl sites for hydroxylation is 3. The molecule has 1 amide bonds. The van der Waals surface area contributed by atoms with Crippen LogP contribution in [0.5, 0.6) is 5.75 Å². The van der Waals surface area contributed by atoms with Gasteiger partial charge in [0.1, 0.15) is 5.82 Å². The van der Waals surface area contributed by atoms with E-state index in [0.717, 1.165) is 73.7 Å². The van der Waals surface area contributed by atoms with Crippen LogP contribution in [0.1, 0.15) is 75.7 Å². The first-order valence-corrected chi connectivity index (χ1v) is 17.6. The number of nitrogens with one attached hydrogen (secondary N) is 1. The molecule has 50 heavy (non-hydrogen) atoms. The number of pyridine rings is 2. The zero-order chi connectivity index (χ0) is 34.1. The number of hydrogen-bond donors (Lipinski definition) is 1. The van der Waals surface area contributed by atoms with Crippen LogP contribution >= 0.6 is 11.3 Å². The second-order valence-corrected chi connectivity index (χ2v) is 14.1. The molecule has 0 radical (unpaired) electrons. The van der Waals surface area contributed by atoms with Crippen molar-refractivity contribution in [2.45, 2.75) is 57.5 Å². The summed E-state index contributed by atoms with van der Waals surface area (Å²) in [5.41, 5.74) is 8.03. The van der Waals surface area contributed by atoms with Gasteiger partial charge in [-0.15, -0.1) is 21.5 Å². The number of carbonyl (C=O) groups is 1. The van der Waals surface area contributed by atoms with E-state index in [2.05, 4.69) is 15.5 Å². The number of hydrogen-bond acceptors (Lipinski definition) is 9. The first-order chi connectivity index (χ1) is 24.4. The van der Waals surface area contributed by atoms with Crippen LogP contribution in [0.4, 0.5) is 14.5 Å². The highest BCUT2D eigenvalue weighted by Gasteiger charge is 2.45. The second-order valence-electron chi connectivity index (χ2n) is 13.0. The molecule has 4 aromatic heterocycles. The van der Waals surface area contributed by atoms with Crippen LogP contribution in [0.15, 0.2) is 59.1 Å². The maximum absolute atomic E-state index is 14.5. The van der Waals surface area contributed by atoms with Crippen molar-refractivity contribution in [2.24, 2.45) is 0 Å². The predicted molar refractivity (Wildman–Crippen MR) is 185 cm³/mol. The van der Waals surface area contributed by atoms with Gasteiger partial charge >= 0.3 is 0 Å². The van der Waals surface area contributed by atoms with Crippen molar-refractivity contribution in [3.63, 3.8) is 0 Å². The number of carbonyl (C=O) groups excluding carboxylic acids is 1. The third-order valence-corrected chi connectivity index (χ3v) is 11.3. The number of methoxy groups -OCH3 is 1. The average Bonchev–Trinajstić information content (AvgIpc) is 3.96. The van der Waals surface area contributed by atoms with Crippen LogP contribution in [0, 0.1) is 18.6 Å². The summed E-state index contributed by atoms with van der Waals surface area (Å²) in [6.07, 6.45) is 6.16. The van der Waals surface area contributed by atoms with Crippen LogP contribution in [0.25, 0.3) is 32.1 Å². The Morgan fingerprint density at radius 2 is 1.90 bits per heavy atom. The van der Waals surface area contributed by atoms with Crippen LogP contribution < -0.4 is 10.1 Å². The highest BCUT2D eigenvalue weighted by atomic mass is 32.1. The number of ether oxygens (including phenoxy) is 1. The number of nitrogens with zero attached hydrogens (tertiary/aromatic N) is 5. The number of amides is 1. The zero-order valence-corrected chi connectivity index (χ0v) is 28.2. The van der Waals surface area contributed by atoms with Gasteiger partial charge in [0.15, 0.2) is 11.6 Å². The fourth-order valence-corrected chi connectivity index (χ4v) is 9.04. The first-order valence-electron chi connectivity index (χ1n) is 16.8. The molecule has 9 nitrogen and oxygen atoms in total. The van der Waals surface area contributed by atoms with Crippen molar-refractivity contribution in [2.75, 3.05) is 19.0 Å². The van der Waals surface area contributed by atoms with E-state index < -0.39 is 0 Å². The van der Waals surface area contributed by atoms with Crippen molar-refractivity contribution >= 4 is 33.1 Å². The van der Waals surface area contributed by atoms with E-state index in [1.807, 2.05) is 23.1 Å². The lowest BCUT2D eigenvalue weighted by Gasteiger charge is -2.17. The van der Waals surface area contributed by atoms with Crippen LogP contribution in [0.2, 0.25) is 0 Å². The van der Waals surface area contributed by atoms with E-state index in [1.54, 1.807) is 36.6 Å². The number of fused-ring (bicyclic) bond motifs is 5. The summed E-state index contributed by atoms with van der Waals surface area (Å²) in [7, 11) is 1.50. The molecular formula is C38H32F2N6O3S. The Morgan fingerprint density at radius 1 is 1.04 bits per heavy atom. The maximum Gasteiger partial charge on any atom is 0.257 e. The molecule has 0 spiro atoms. The molecular weight excluding hydrogens is 659 g/mol. The molecule has 1 aliphatic carbocycles. The van der Waals surface area contributed by atoms with Crippen molar-refractivity contribution in [3.05, 3.63) is 106 Å². The number of aromatic nitrogens is 4. The lowest BCUT2D eigenvalue weighted by Crippen LogP contribution is -2.22. The number of anilines is 1. The van der Waals surface area contributed by atoms with Crippen molar-refractivity contribution in [3.8, 4) is 27.6 Å². The molecule has 2 atom stereocenters. The van der Waals surface area contributed by atoms with Gasteiger partial charge in [-0.1, -0.05) is 18.2 Å². The third kappa shape index (κ3) is 4.95. The van der Waals surface area contributed by atoms with Gasteiger partial charge in [-0.3, -0.25) is 14.8 Å².